The Balaban J connectivity index is 4.44. The van der Waals surface area contributed by atoms with E-state index in [4.69, 9.17) is 14.2 Å². The van der Waals surface area contributed by atoms with E-state index >= 15 is 0 Å². The molecule has 1 unspecified atom stereocenters. The molecular weight excluding hydrogens is 841 g/mol. The van der Waals surface area contributed by atoms with Gasteiger partial charge >= 0.3 is 17.9 Å². The zero-order valence-corrected chi connectivity index (χ0v) is 44.9. The van der Waals surface area contributed by atoms with Gasteiger partial charge in [0.15, 0.2) is 6.10 Å². The van der Waals surface area contributed by atoms with Gasteiger partial charge in [-0.05, 0) is 103 Å². The van der Waals surface area contributed by atoms with Crippen LogP contribution in [0.25, 0.3) is 0 Å². The highest BCUT2D eigenvalue weighted by atomic mass is 16.6. The number of carbonyl (C=O) groups excluding carboxylic acids is 3. The first-order valence-corrected chi connectivity index (χ1v) is 29.0. The van der Waals surface area contributed by atoms with Crippen LogP contribution in [0.5, 0.6) is 0 Å². The molecular formula is C62H108O6. The average Bonchev–Trinajstić information content (AvgIpc) is 3.34. The van der Waals surface area contributed by atoms with E-state index in [9.17, 15) is 14.4 Å². The summed E-state index contributed by atoms with van der Waals surface area (Å²) >= 11 is 0. The number of hydrogen-bond donors (Lipinski definition) is 0. The van der Waals surface area contributed by atoms with E-state index in [2.05, 4.69) is 93.7 Å². The Morgan fingerprint density at radius 2 is 0.588 bits per heavy atom. The van der Waals surface area contributed by atoms with E-state index < -0.39 is 6.10 Å². The van der Waals surface area contributed by atoms with Crippen LogP contribution >= 0.6 is 0 Å². The summed E-state index contributed by atoms with van der Waals surface area (Å²) in [5.74, 6) is -0.911. The summed E-state index contributed by atoms with van der Waals surface area (Å²) in [7, 11) is 0. The minimum Gasteiger partial charge on any atom is -0.462 e. The van der Waals surface area contributed by atoms with E-state index in [0.717, 1.165) is 89.9 Å². The lowest BCUT2D eigenvalue weighted by Gasteiger charge is -2.18. The molecule has 0 aliphatic heterocycles. The fourth-order valence-corrected chi connectivity index (χ4v) is 8.06. The minimum atomic E-state index is -0.790. The molecule has 0 rings (SSSR count). The van der Waals surface area contributed by atoms with Crippen LogP contribution in [0, 0.1) is 0 Å². The van der Waals surface area contributed by atoms with Crippen molar-refractivity contribution in [3.63, 3.8) is 0 Å². The predicted octanol–water partition coefficient (Wildman–Crippen LogP) is 19.4. The van der Waals surface area contributed by atoms with Crippen molar-refractivity contribution in [1.82, 2.24) is 0 Å². The van der Waals surface area contributed by atoms with Crippen LogP contribution in [0.15, 0.2) is 72.9 Å². The first-order chi connectivity index (χ1) is 33.5. The molecule has 6 heteroatoms. The first-order valence-electron chi connectivity index (χ1n) is 29.0. The minimum absolute atomic E-state index is 0.0872. The van der Waals surface area contributed by atoms with Gasteiger partial charge in [-0.25, -0.2) is 0 Å². The van der Waals surface area contributed by atoms with Crippen LogP contribution in [0.1, 0.15) is 284 Å². The van der Waals surface area contributed by atoms with Crippen LogP contribution in [-0.2, 0) is 28.6 Å². The Hall–Kier alpha value is -3.15. The van der Waals surface area contributed by atoms with Gasteiger partial charge in [0.2, 0.25) is 0 Å². The van der Waals surface area contributed by atoms with E-state index in [1.807, 2.05) is 0 Å². The SMILES string of the molecule is CCCCC/C=C\C/C=C\CCCCCCCCCC(=O)OC(COC(=O)CCCCCCC\C=C/C=C\C=C/CCCCCCC)COC(=O)CCCCCCCCC/C=C\CCCCCC. The normalized spacial score (nSPS) is 12.6. The lowest BCUT2D eigenvalue weighted by molar-refractivity contribution is -0.167. The van der Waals surface area contributed by atoms with Crippen molar-refractivity contribution in [2.75, 3.05) is 13.2 Å². The number of ether oxygens (including phenoxy) is 3. The van der Waals surface area contributed by atoms with Crippen molar-refractivity contribution in [2.24, 2.45) is 0 Å². The topological polar surface area (TPSA) is 78.9 Å². The lowest BCUT2D eigenvalue weighted by Crippen LogP contribution is -2.30. The second-order valence-corrected chi connectivity index (χ2v) is 19.3. The molecule has 0 spiro atoms. The number of unbranched alkanes of at least 4 members (excludes halogenated alkanes) is 31. The van der Waals surface area contributed by atoms with Crippen LogP contribution in [0.3, 0.4) is 0 Å². The molecule has 0 aromatic carbocycles. The highest BCUT2D eigenvalue weighted by Gasteiger charge is 2.19. The first kappa shape index (κ1) is 64.8. The van der Waals surface area contributed by atoms with Gasteiger partial charge in [0, 0.05) is 19.3 Å². The van der Waals surface area contributed by atoms with Gasteiger partial charge in [-0.15, -0.1) is 0 Å². The maximum Gasteiger partial charge on any atom is 0.306 e. The summed E-state index contributed by atoms with van der Waals surface area (Å²) in [4.78, 5) is 38.2. The Morgan fingerprint density at radius 1 is 0.309 bits per heavy atom. The third-order valence-corrected chi connectivity index (χ3v) is 12.5. The van der Waals surface area contributed by atoms with Gasteiger partial charge in [-0.2, -0.15) is 0 Å². The van der Waals surface area contributed by atoms with Gasteiger partial charge in [0.1, 0.15) is 13.2 Å². The largest absolute Gasteiger partial charge is 0.462 e. The van der Waals surface area contributed by atoms with Gasteiger partial charge < -0.3 is 14.2 Å². The van der Waals surface area contributed by atoms with Gasteiger partial charge in [-0.1, -0.05) is 235 Å². The monoisotopic (exact) mass is 949 g/mol. The highest BCUT2D eigenvalue weighted by molar-refractivity contribution is 5.71. The van der Waals surface area contributed by atoms with Crippen LogP contribution in [-0.4, -0.2) is 37.2 Å². The molecule has 0 radical (unpaired) electrons. The van der Waals surface area contributed by atoms with Crippen LogP contribution < -0.4 is 0 Å². The average molecular weight is 950 g/mol. The molecule has 0 aliphatic rings. The molecule has 0 amide bonds. The van der Waals surface area contributed by atoms with E-state index in [1.54, 1.807) is 0 Å². The van der Waals surface area contributed by atoms with E-state index in [0.29, 0.717) is 19.3 Å². The van der Waals surface area contributed by atoms with Crippen molar-refractivity contribution in [3.05, 3.63) is 72.9 Å². The summed E-state index contributed by atoms with van der Waals surface area (Å²) in [5, 5.41) is 0. The lowest BCUT2D eigenvalue weighted by atomic mass is 10.1. The molecule has 0 aromatic rings. The summed E-state index contributed by atoms with van der Waals surface area (Å²) in [6.07, 6.45) is 71.6. The van der Waals surface area contributed by atoms with Crippen molar-refractivity contribution in [2.45, 2.75) is 290 Å². The molecule has 68 heavy (non-hydrogen) atoms. The smallest absolute Gasteiger partial charge is 0.306 e. The summed E-state index contributed by atoms with van der Waals surface area (Å²) < 4.78 is 16.9. The molecule has 0 aliphatic carbocycles. The molecule has 392 valence electrons. The number of rotatable bonds is 52. The molecule has 6 nitrogen and oxygen atoms in total. The van der Waals surface area contributed by atoms with Crippen molar-refractivity contribution in [3.8, 4) is 0 Å². The van der Waals surface area contributed by atoms with Crippen LogP contribution in [0.2, 0.25) is 0 Å². The predicted molar refractivity (Wildman–Crippen MR) is 293 cm³/mol. The number of allylic oxidation sites excluding steroid dienone is 12. The van der Waals surface area contributed by atoms with Gasteiger partial charge in [0.05, 0.1) is 0 Å². The Morgan fingerprint density at radius 3 is 0.985 bits per heavy atom. The number of esters is 3. The zero-order chi connectivity index (χ0) is 49.3. The fourth-order valence-electron chi connectivity index (χ4n) is 8.06. The molecule has 0 N–H and O–H groups in total. The molecule has 0 saturated carbocycles. The summed E-state index contributed by atoms with van der Waals surface area (Å²) in [6, 6.07) is 0. The quantitative estimate of drug-likeness (QED) is 0.0199. The van der Waals surface area contributed by atoms with Crippen molar-refractivity contribution >= 4 is 17.9 Å². The van der Waals surface area contributed by atoms with Gasteiger partial charge in [-0.3, -0.25) is 14.4 Å². The van der Waals surface area contributed by atoms with Gasteiger partial charge in [0.25, 0.3) is 0 Å². The Bertz CT molecular complexity index is 1270. The summed E-state index contributed by atoms with van der Waals surface area (Å²) in [6.45, 7) is 6.58. The number of carbonyl (C=O) groups is 3. The second-order valence-electron chi connectivity index (χ2n) is 19.3. The number of hydrogen-bond acceptors (Lipinski definition) is 6. The third-order valence-electron chi connectivity index (χ3n) is 12.5. The molecule has 0 saturated heterocycles. The maximum atomic E-state index is 12.9. The molecule has 0 fully saturated rings. The second kappa shape index (κ2) is 56.4. The Labute approximate surface area is 421 Å². The molecule has 0 heterocycles. The highest BCUT2D eigenvalue weighted by Crippen LogP contribution is 2.15. The van der Waals surface area contributed by atoms with Crippen molar-refractivity contribution < 1.29 is 28.6 Å². The standard InChI is InChI=1S/C62H108O6/c1-4-7-10-13-16-19-22-25-28-30-32-34-37-40-43-46-49-52-55-61(64)67-58-59(57-66-60(63)54-51-48-45-42-39-36-33-27-24-21-18-15-12-9-6-3)68-62(65)56-53-50-47-44-41-38-35-31-29-26-23-20-17-14-11-8-5-2/h17,20-22,24-26,28-30,32,34,59H,4-16,18-19,23,27,31,33,35-58H2,1-3H3/b20-17-,24-21-,25-22-,29-26-,30-28-,34-32-. The van der Waals surface area contributed by atoms with E-state index in [1.165, 1.54) is 154 Å². The molecule has 0 aromatic heterocycles. The molecule has 0 bridgehead atoms. The molecule has 1 atom stereocenters. The third kappa shape index (κ3) is 53.8. The van der Waals surface area contributed by atoms with E-state index in [-0.39, 0.29) is 31.1 Å². The maximum absolute atomic E-state index is 12.9. The summed E-state index contributed by atoms with van der Waals surface area (Å²) in [5.41, 5.74) is 0. The van der Waals surface area contributed by atoms with Crippen LogP contribution in [0.4, 0.5) is 0 Å². The Kier molecular flexibility index (Phi) is 53.8. The fraction of sp³-hybridized carbons (Fsp3) is 0.758. The van der Waals surface area contributed by atoms with Crippen molar-refractivity contribution in [1.29, 1.82) is 0 Å². The zero-order valence-electron chi connectivity index (χ0n) is 44.9.